The predicted molar refractivity (Wildman–Crippen MR) is 141 cm³/mol. The molecule has 0 saturated carbocycles. The Kier molecular flexibility index (Phi) is 7.59. The first-order chi connectivity index (χ1) is 18.3. The molecule has 3 aromatic carbocycles. The van der Waals surface area contributed by atoms with E-state index in [1.807, 2.05) is 18.2 Å². The number of fused-ring (bicyclic) bond motifs is 1. The zero-order valence-electron chi connectivity index (χ0n) is 20.7. The lowest BCUT2D eigenvalue weighted by molar-refractivity contribution is -0.126. The second-order valence-corrected chi connectivity index (χ2v) is 11.2. The fraction of sp³-hybridized carbons (Fsp3) is 0.333. The van der Waals surface area contributed by atoms with Gasteiger partial charge in [0, 0.05) is 43.9 Å². The molecule has 5 rings (SSSR count). The van der Waals surface area contributed by atoms with Crippen LogP contribution >= 0.6 is 0 Å². The van der Waals surface area contributed by atoms with Crippen LogP contribution in [0.15, 0.2) is 71.6 Å². The van der Waals surface area contributed by atoms with Crippen LogP contribution in [-0.4, -0.2) is 74.5 Å². The number of sulfonamides is 1. The van der Waals surface area contributed by atoms with Crippen molar-refractivity contribution >= 4 is 38.4 Å². The molecule has 11 heteroatoms. The Hall–Kier alpha value is -3.54. The van der Waals surface area contributed by atoms with E-state index in [0.717, 1.165) is 18.2 Å². The molecule has 2 aliphatic rings. The van der Waals surface area contributed by atoms with Crippen molar-refractivity contribution in [1.82, 2.24) is 14.5 Å². The van der Waals surface area contributed by atoms with Gasteiger partial charge >= 0.3 is 6.03 Å². The average Bonchev–Trinajstić information content (AvgIpc) is 3.46. The third kappa shape index (κ3) is 5.50. The summed E-state index contributed by atoms with van der Waals surface area (Å²) in [5, 5.41) is 6.84. The SMILES string of the molecule is O=C(NCC1CCCO1)C1CN(C(=O)Nc2ccc(F)cc2)CCN1S(=O)(=O)c1cccc2ccccc12. The summed E-state index contributed by atoms with van der Waals surface area (Å²) in [5.41, 5.74) is 0.390. The van der Waals surface area contributed by atoms with E-state index in [2.05, 4.69) is 10.6 Å². The van der Waals surface area contributed by atoms with Crippen molar-refractivity contribution in [1.29, 1.82) is 0 Å². The number of ether oxygens (including phenoxy) is 1. The lowest BCUT2D eigenvalue weighted by Gasteiger charge is -2.39. The summed E-state index contributed by atoms with van der Waals surface area (Å²) in [6, 6.07) is 15.9. The van der Waals surface area contributed by atoms with Gasteiger partial charge < -0.3 is 20.3 Å². The predicted octanol–water partition coefficient (Wildman–Crippen LogP) is 3.18. The molecule has 0 radical (unpaired) electrons. The monoisotopic (exact) mass is 540 g/mol. The van der Waals surface area contributed by atoms with Gasteiger partial charge in [0.1, 0.15) is 11.9 Å². The second-order valence-electron chi connectivity index (χ2n) is 9.37. The number of carbonyl (C=O) groups excluding carboxylic acids is 2. The van der Waals surface area contributed by atoms with E-state index < -0.39 is 33.8 Å². The molecule has 200 valence electrons. The van der Waals surface area contributed by atoms with Gasteiger partial charge in [0.15, 0.2) is 0 Å². The van der Waals surface area contributed by atoms with Gasteiger partial charge in [-0.25, -0.2) is 17.6 Å². The van der Waals surface area contributed by atoms with Crippen LogP contribution in [0.5, 0.6) is 0 Å². The van der Waals surface area contributed by atoms with E-state index in [9.17, 15) is 22.4 Å². The lowest BCUT2D eigenvalue weighted by Crippen LogP contribution is -2.62. The quantitative estimate of drug-likeness (QED) is 0.499. The van der Waals surface area contributed by atoms with Crippen LogP contribution < -0.4 is 10.6 Å². The largest absolute Gasteiger partial charge is 0.376 e. The highest BCUT2D eigenvalue weighted by Gasteiger charge is 2.42. The molecule has 2 saturated heterocycles. The Bertz CT molecular complexity index is 1420. The van der Waals surface area contributed by atoms with E-state index in [1.54, 1.807) is 18.2 Å². The Morgan fingerprint density at radius 3 is 2.53 bits per heavy atom. The Balaban J connectivity index is 1.40. The number of hydrogen-bond donors (Lipinski definition) is 2. The lowest BCUT2D eigenvalue weighted by atomic mass is 10.1. The summed E-state index contributed by atoms with van der Waals surface area (Å²) in [4.78, 5) is 27.9. The average molecular weight is 541 g/mol. The molecular formula is C27H29FN4O5S. The fourth-order valence-electron chi connectivity index (χ4n) is 4.87. The highest BCUT2D eigenvalue weighted by atomic mass is 32.2. The molecule has 2 atom stereocenters. The van der Waals surface area contributed by atoms with Gasteiger partial charge in [0.25, 0.3) is 0 Å². The van der Waals surface area contributed by atoms with E-state index in [0.29, 0.717) is 17.7 Å². The maximum atomic E-state index is 13.9. The molecule has 2 N–H and O–H groups in total. The van der Waals surface area contributed by atoms with E-state index in [-0.39, 0.29) is 37.2 Å². The highest BCUT2D eigenvalue weighted by molar-refractivity contribution is 7.89. The zero-order valence-corrected chi connectivity index (χ0v) is 21.5. The van der Waals surface area contributed by atoms with Crippen molar-refractivity contribution in [2.75, 3.05) is 38.1 Å². The summed E-state index contributed by atoms with van der Waals surface area (Å²) in [6.07, 6.45) is 1.60. The van der Waals surface area contributed by atoms with Crippen LogP contribution in [0.1, 0.15) is 12.8 Å². The smallest absolute Gasteiger partial charge is 0.321 e. The standard InChI is InChI=1S/C27H29FN4O5S/c28-20-10-12-21(13-11-20)30-27(34)31-14-15-32(24(18-31)26(33)29-17-22-7-4-16-37-22)38(35,36)25-9-3-6-19-5-1-2-8-23(19)25/h1-3,5-6,8-13,22,24H,4,7,14-18H2,(H,29,33)(H,30,34). The highest BCUT2D eigenvalue weighted by Crippen LogP contribution is 2.28. The molecule has 2 fully saturated rings. The van der Waals surface area contributed by atoms with Crippen molar-refractivity contribution in [3.05, 3.63) is 72.5 Å². The number of nitrogens with zero attached hydrogens (tertiary/aromatic N) is 2. The van der Waals surface area contributed by atoms with Crippen molar-refractivity contribution in [2.24, 2.45) is 0 Å². The minimum atomic E-state index is -4.09. The number of anilines is 1. The Morgan fingerprint density at radius 2 is 1.76 bits per heavy atom. The summed E-state index contributed by atoms with van der Waals surface area (Å²) in [6.45, 7) is 0.753. The maximum Gasteiger partial charge on any atom is 0.321 e. The minimum Gasteiger partial charge on any atom is -0.376 e. The van der Waals surface area contributed by atoms with Gasteiger partial charge in [0.05, 0.1) is 11.0 Å². The maximum absolute atomic E-state index is 13.9. The van der Waals surface area contributed by atoms with Gasteiger partial charge in [-0.2, -0.15) is 4.31 Å². The van der Waals surface area contributed by atoms with Crippen LogP contribution in [0.3, 0.4) is 0 Å². The van der Waals surface area contributed by atoms with E-state index in [4.69, 9.17) is 4.74 Å². The van der Waals surface area contributed by atoms with Crippen LogP contribution in [0.4, 0.5) is 14.9 Å². The van der Waals surface area contributed by atoms with Crippen LogP contribution in [0.25, 0.3) is 10.8 Å². The van der Waals surface area contributed by atoms with Crippen LogP contribution in [0, 0.1) is 5.82 Å². The molecular weight excluding hydrogens is 511 g/mol. The summed E-state index contributed by atoms with van der Waals surface area (Å²) in [7, 11) is -4.09. The fourth-order valence-corrected chi connectivity index (χ4v) is 6.66. The number of halogens is 1. The number of benzene rings is 3. The molecule has 0 bridgehead atoms. The van der Waals surface area contributed by atoms with Gasteiger partial charge in [0.2, 0.25) is 15.9 Å². The van der Waals surface area contributed by atoms with Crippen molar-refractivity contribution in [3.8, 4) is 0 Å². The minimum absolute atomic E-state index is 0.0690. The normalized spacial score (nSPS) is 20.4. The van der Waals surface area contributed by atoms with Crippen molar-refractivity contribution in [3.63, 3.8) is 0 Å². The number of hydrogen-bond acceptors (Lipinski definition) is 5. The van der Waals surface area contributed by atoms with Gasteiger partial charge in [-0.3, -0.25) is 4.79 Å². The molecule has 2 aliphatic heterocycles. The third-order valence-electron chi connectivity index (χ3n) is 6.88. The van der Waals surface area contributed by atoms with Crippen molar-refractivity contribution < 1.29 is 27.1 Å². The van der Waals surface area contributed by atoms with Crippen molar-refractivity contribution in [2.45, 2.75) is 29.9 Å². The number of amides is 3. The topological polar surface area (TPSA) is 108 Å². The summed E-state index contributed by atoms with van der Waals surface area (Å²) < 4.78 is 47.9. The molecule has 3 aromatic rings. The summed E-state index contributed by atoms with van der Waals surface area (Å²) in [5.74, 6) is -0.929. The number of rotatable bonds is 6. The number of carbonyl (C=O) groups is 2. The third-order valence-corrected chi connectivity index (χ3v) is 8.85. The molecule has 0 spiro atoms. The number of nitrogens with one attached hydrogen (secondary N) is 2. The number of piperazine rings is 1. The van der Waals surface area contributed by atoms with Gasteiger partial charge in [-0.15, -0.1) is 0 Å². The molecule has 0 aliphatic carbocycles. The van der Waals surface area contributed by atoms with Gasteiger partial charge in [-0.05, 0) is 48.6 Å². The summed E-state index contributed by atoms with van der Waals surface area (Å²) >= 11 is 0. The van der Waals surface area contributed by atoms with Gasteiger partial charge in [-0.1, -0.05) is 36.4 Å². The number of urea groups is 1. The Labute approximate surface area is 220 Å². The van der Waals surface area contributed by atoms with E-state index in [1.165, 1.54) is 39.5 Å². The zero-order chi connectivity index (χ0) is 26.7. The van der Waals surface area contributed by atoms with Crippen LogP contribution in [0.2, 0.25) is 0 Å². The molecule has 0 aromatic heterocycles. The second kappa shape index (κ2) is 11.1. The first kappa shape index (κ1) is 26.1. The van der Waals surface area contributed by atoms with E-state index >= 15 is 0 Å². The Morgan fingerprint density at radius 1 is 1.00 bits per heavy atom. The molecule has 38 heavy (non-hydrogen) atoms. The molecule has 2 heterocycles. The first-order valence-corrected chi connectivity index (χ1v) is 14.0. The molecule has 2 unspecified atom stereocenters. The molecule has 9 nitrogen and oxygen atoms in total. The first-order valence-electron chi connectivity index (χ1n) is 12.5. The van der Waals surface area contributed by atoms with Crippen LogP contribution in [-0.2, 0) is 19.6 Å². The molecule has 3 amide bonds.